The van der Waals surface area contributed by atoms with Crippen molar-refractivity contribution in [1.82, 2.24) is 0 Å². The molecule has 0 bridgehead atoms. The number of nitro groups is 1. The van der Waals surface area contributed by atoms with E-state index in [1.54, 1.807) is 0 Å². The second-order valence-electron chi connectivity index (χ2n) is 7.11. The van der Waals surface area contributed by atoms with E-state index in [1.165, 1.54) is 12.1 Å². The molecule has 14 heteroatoms. The zero-order valence-corrected chi connectivity index (χ0v) is 18.6. The van der Waals surface area contributed by atoms with Crippen molar-refractivity contribution in [2.45, 2.75) is 58.1 Å². The predicted molar refractivity (Wildman–Crippen MR) is 107 cm³/mol. The Morgan fingerprint density at radius 3 is 2.06 bits per heavy atom. The van der Waals surface area contributed by atoms with Gasteiger partial charge >= 0.3 is 23.9 Å². The molecule has 0 amide bonds. The molecule has 5 unspecified atom stereocenters. The summed E-state index contributed by atoms with van der Waals surface area (Å²) in [4.78, 5) is 56.9. The number of benzene rings is 1. The molecule has 0 spiro atoms. The van der Waals surface area contributed by atoms with E-state index in [9.17, 15) is 34.4 Å². The van der Waals surface area contributed by atoms with Crippen LogP contribution in [0.3, 0.4) is 0 Å². The zero-order chi connectivity index (χ0) is 25.6. The van der Waals surface area contributed by atoms with Crippen LogP contribution in [0.5, 0.6) is 5.75 Å². The lowest BCUT2D eigenvalue weighted by Crippen LogP contribution is -2.71. The summed E-state index contributed by atoms with van der Waals surface area (Å²) in [5.74, 6) is -6.39. The highest BCUT2D eigenvalue weighted by molar-refractivity contribution is 5.69. The van der Waals surface area contributed by atoms with E-state index in [-0.39, 0.29) is 11.4 Å². The van der Waals surface area contributed by atoms with Crippen molar-refractivity contribution >= 4 is 29.6 Å². The Balaban J connectivity index is 2.52. The second kappa shape index (κ2) is 10.9. The van der Waals surface area contributed by atoms with Crippen LogP contribution in [0.15, 0.2) is 24.3 Å². The van der Waals surface area contributed by atoms with Gasteiger partial charge in [-0.15, -0.1) is 0 Å². The number of carbonyl (C=O) groups excluding carboxylic acids is 4. The van der Waals surface area contributed by atoms with Gasteiger partial charge in [-0.1, -0.05) is 0 Å². The van der Waals surface area contributed by atoms with Crippen molar-refractivity contribution in [1.29, 1.82) is 0 Å². The molecule has 1 heterocycles. The van der Waals surface area contributed by atoms with Crippen molar-refractivity contribution in [3.8, 4) is 5.75 Å². The SMILES string of the molecule is CC(=O)OCC1OC(Oc2ccc([N+](=O)[O-])cc2)C(OC(C)=O)C(OC(C)=O)C1(O)OC(C)=O. The van der Waals surface area contributed by atoms with Crippen LogP contribution in [0.2, 0.25) is 0 Å². The molecular formula is C20H23NO13. The molecule has 34 heavy (non-hydrogen) atoms. The van der Waals surface area contributed by atoms with E-state index in [2.05, 4.69) is 0 Å². The topological polar surface area (TPSA) is 187 Å². The third-order valence-electron chi connectivity index (χ3n) is 4.37. The number of esters is 4. The van der Waals surface area contributed by atoms with Crippen molar-refractivity contribution in [3.63, 3.8) is 0 Å². The highest BCUT2D eigenvalue weighted by atomic mass is 16.8. The summed E-state index contributed by atoms with van der Waals surface area (Å²) in [6.45, 7) is 3.35. The van der Waals surface area contributed by atoms with Crippen molar-refractivity contribution in [3.05, 3.63) is 34.4 Å². The largest absolute Gasteiger partial charge is 0.463 e. The van der Waals surface area contributed by atoms with Gasteiger partial charge in [0.1, 0.15) is 12.4 Å². The maximum absolute atomic E-state index is 11.8. The van der Waals surface area contributed by atoms with Crippen molar-refractivity contribution in [2.75, 3.05) is 6.61 Å². The summed E-state index contributed by atoms with van der Waals surface area (Å²) in [6, 6.07) is 4.71. The normalized spacial score (nSPS) is 26.0. The molecule has 0 saturated carbocycles. The lowest BCUT2D eigenvalue weighted by atomic mass is 9.94. The van der Waals surface area contributed by atoms with Gasteiger partial charge in [0, 0.05) is 39.8 Å². The first-order chi connectivity index (χ1) is 15.8. The molecule has 2 rings (SSSR count). The average Bonchev–Trinajstić information content (AvgIpc) is 2.71. The van der Waals surface area contributed by atoms with E-state index in [0.29, 0.717) is 0 Å². The van der Waals surface area contributed by atoms with Gasteiger partial charge in [0.25, 0.3) is 11.5 Å². The van der Waals surface area contributed by atoms with Gasteiger partial charge in [-0.05, 0) is 12.1 Å². The third kappa shape index (κ3) is 6.62. The fraction of sp³-hybridized carbons (Fsp3) is 0.500. The number of nitro benzene ring substituents is 1. The Bertz CT molecular complexity index is 946. The fourth-order valence-electron chi connectivity index (χ4n) is 3.12. The van der Waals surface area contributed by atoms with Gasteiger partial charge in [-0.2, -0.15) is 0 Å². The first-order valence-electron chi connectivity index (χ1n) is 9.79. The number of nitrogens with zero attached hydrogens (tertiary/aromatic N) is 1. The summed E-state index contributed by atoms with van der Waals surface area (Å²) in [6.07, 6.45) is -6.84. The first kappa shape index (κ1) is 26.5. The summed E-state index contributed by atoms with van der Waals surface area (Å²) in [7, 11) is 0. The molecule has 186 valence electrons. The molecule has 1 aliphatic heterocycles. The van der Waals surface area contributed by atoms with E-state index in [4.69, 9.17) is 28.4 Å². The molecule has 0 radical (unpaired) electrons. The van der Waals surface area contributed by atoms with Crippen LogP contribution in [0.1, 0.15) is 27.7 Å². The monoisotopic (exact) mass is 485 g/mol. The van der Waals surface area contributed by atoms with Crippen LogP contribution < -0.4 is 4.74 Å². The Hall–Kier alpha value is -3.78. The van der Waals surface area contributed by atoms with E-state index < -0.39 is 65.8 Å². The number of aliphatic hydroxyl groups is 1. The Morgan fingerprint density at radius 2 is 1.59 bits per heavy atom. The molecule has 1 aliphatic rings. The average molecular weight is 485 g/mol. The molecule has 14 nitrogen and oxygen atoms in total. The highest BCUT2D eigenvalue weighted by Gasteiger charge is 2.63. The lowest BCUT2D eigenvalue weighted by molar-refractivity contribution is -0.385. The Kier molecular flexibility index (Phi) is 8.48. The van der Waals surface area contributed by atoms with Crippen LogP contribution in [-0.2, 0) is 42.9 Å². The van der Waals surface area contributed by atoms with Gasteiger partial charge in [-0.25, -0.2) is 0 Å². The van der Waals surface area contributed by atoms with E-state index in [0.717, 1.165) is 39.8 Å². The highest BCUT2D eigenvalue weighted by Crippen LogP contribution is 2.37. The molecule has 1 aromatic carbocycles. The standard InChI is InChI=1S/C20H23NO13/c1-10(22)29-9-16-20(26,34-13(4)25)18(31-12(3)24)17(30-11(2)23)19(33-16)32-15-7-5-14(6-8-15)21(27)28/h5-8,16-19,26H,9H2,1-4H3. The van der Waals surface area contributed by atoms with Gasteiger partial charge < -0.3 is 33.5 Å². The molecule has 0 aromatic heterocycles. The van der Waals surface area contributed by atoms with Crippen LogP contribution >= 0.6 is 0 Å². The Morgan fingerprint density at radius 1 is 1.00 bits per heavy atom. The second-order valence-corrected chi connectivity index (χ2v) is 7.11. The van der Waals surface area contributed by atoms with Crippen LogP contribution in [0, 0.1) is 10.1 Å². The minimum absolute atomic E-state index is 0.0125. The van der Waals surface area contributed by atoms with Crippen LogP contribution in [-0.4, -0.2) is 70.9 Å². The van der Waals surface area contributed by atoms with Gasteiger partial charge in [-0.3, -0.25) is 29.3 Å². The third-order valence-corrected chi connectivity index (χ3v) is 4.37. The van der Waals surface area contributed by atoms with E-state index in [1.807, 2.05) is 0 Å². The molecular weight excluding hydrogens is 462 g/mol. The van der Waals surface area contributed by atoms with E-state index >= 15 is 0 Å². The number of hydrogen-bond donors (Lipinski definition) is 1. The first-order valence-corrected chi connectivity index (χ1v) is 9.79. The lowest BCUT2D eigenvalue weighted by Gasteiger charge is -2.48. The number of hydrogen-bond acceptors (Lipinski definition) is 13. The molecule has 1 N–H and O–H groups in total. The quantitative estimate of drug-likeness (QED) is 0.175. The maximum atomic E-state index is 11.8. The number of ether oxygens (including phenoxy) is 6. The van der Waals surface area contributed by atoms with Gasteiger partial charge in [0.2, 0.25) is 18.5 Å². The van der Waals surface area contributed by atoms with Crippen molar-refractivity contribution in [2.24, 2.45) is 0 Å². The number of non-ortho nitro benzene ring substituents is 1. The van der Waals surface area contributed by atoms with Crippen molar-refractivity contribution < 1.29 is 57.6 Å². The summed E-state index contributed by atoms with van der Waals surface area (Å²) >= 11 is 0. The minimum Gasteiger partial charge on any atom is -0.463 e. The minimum atomic E-state index is -2.76. The van der Waals surface area contributed by atoms with Gasteiger partial charge in [0.15, 0.2) is 6.10 Å². The zero-order valence-electron chi connectivity index (χ0n) is 18.6. The fourth-order valence-corrected chi connectivity index (χ4v) is 3.12. The summed E-state index contributed by atoms with van der Waals surface area (Å²) < 4.78 is 31.5. The van der Waals surface area contributed by atoms with Crippen LogP contribution in [0.25, 0.3) is 0 Å². The molecule has 1 aromatic rings. The smallest absolute Gasteiger partial charge is 0.305 e. The predicted octanol–water partition coefficient (Wildman–Crippen LogP) is 0.377. The van der Waals surface area contributed by atoms with Crippen LogP contribution in [0.4, 0.5) is 5.69 Å². The molecule has 5 atom stereocenters. The van der Waals surface area contributed by atoms with Gasteiger partial charge in [0.05, 0.1) is 4.92 Å². The number of carbonyl (C=O) groups is 4. The molecule has 1 fully saturated rings. The summed E-state index contributed by atoms with van der Waals surface area (Å²) in [5.41, 5.74) is -0.233. The Labute approximate surface area is 192 Å². The maximum Gasteiger partial charge on any atom is 0.305 e. The summed E-state index contributed by atoms with van der Waals surface area (Å²) in [5, 5.41) is 22.1. The number of rotatable bonds is 8. The molecule has 0 aliphatic carbocycles. The molecule has 1 saturated heterocycles.